The van der Waals surface area contributed by atoms with Gasteiger partial charge in [-0.05, 0) is 47.2 Å². The third-order valence-corrected chi connectivity index (χ3v) is 4.96. The van der Waals surface area contributed by atoms with E-state index in [-0.39, 0.29) is 5.91 Å². The van der Waals surface area contributed by atoms with Crippen molar-refractivity contribution in [2.75, 3.05) is 0 Å². The molecule has 4 aromatic rings. The van der Waals surface area contributed by atoms with Crippen molar-refractivity contribution in [2.24, 2.45) is 5.10 Å². The van der Waals surface area contributed by atoms with Crippen LogP contribution in [0.15, 0.2) is 82.3 Å². The van der Waals surface area contributed by atoms with Gasteiger partial charge >= 0.3 is 0 Å². The van der Waals surface area contributed by atoms with Crippen molar-refractivity contribution in [2.45, 2.75) is 0 Å². The maximum Gasteiger partial charge on any atom is 0.271 e. The fourth-order valence-electron chi connectivity index (χ4n) is 2.86. The predicted molar refractivity (Wildman–Crippen MR) is 113 cm³/mol. The minimum atomic E-state index is -0.288. The monoisotopic (exact) mass is 408 g/mol. The maximum atomic E-state index is 12.5. The summed E-state index contributed by atoms with van der Waals surface area (Å²) in [6.45, 7) is 0. The van der Waals surface area contributed by atoms with E-state index in [9.17, 15) is 4.79 Å². The molecule has 0 saturated heterocycles. The number of furan rings is 1. The molecule has 0 unspecified atom stereocenters. The van der Waals surface area contributed by atoms with Gasteiger partial charge in [0.05, 0.1) is 16.3 Å². The van der Waals surface area contributed by atoms with Gasteiger partial charge in [-0.1, -0.05) is 59.6 Å². The molecular formula is C22H14Cl2N2O2. The van der Waals surface area contributed by atoms with Gasteiger partial charge in [0.1, 0.15) is 11.5 Å². The Labute approximate surface area is 171 Å². The molecule has 0 atom stereocenters. The van der Waals surface area contributed by atoms with Gasteiger partial charge in [-0.3, -0.25) is 4.79 Å². The molecule has 1 aromatic heterocycles. The minimum absolute atomic E-state index is 0.288. The zero-order chi connectivity index (χ0) is 19.5. The molecule has 0 aliphatic heterocycles. The smallest absolute Gasteiger partial charge is 0.271 e. The summed E-state index contributed by atoms with van der Waals surface area (Å²) in [5.74, 6) is 0.837. The van der Waals surface area contributed by atoms with Crippen molar-refractivity contribution in [1.82, 2.24) is 5.43 Å². The molecule has 0 spiro atoms. The van der Waals surface area contributed by atoms with Crippen LogP contribution in [0.3, 0.4) is 0 Å². The van der Waals surface area contributed by atoms with Crippen LogP contribution in [0.5, 0.6) is 0 Å². The van der Waals surface area contributed by atoms with Crippen LogP contribution in [0.25, 0.3) is 22.1 Å². The molecular weight excluding hydrogens is 395 g/mol. The summed E-state index contributed by atoms with van der Waals surface area (Å²) in [4.78, 5) is 12.5. The van der Waals surface area contributed by atoms with Gasteiger partial charge in [-0.2, -0.15) is 5.10 Å². The number of carbonyl (C=O) groups is 1. The number of rotatable bonds is 4. The molecule has 4 rings (SSSR count). The number of fused-ring (bicyclic) bond motifs is 1. The molecule has 0 radical (unpaired) electrons. The first-order valence-corrected chi connectivity index (χ1v) is 9.24. The van der Waals surface area contributed by atoms with E-state index in [1.807, 2.05) is 42.5 Å². The van der Waals surface area contributed by atoms with Crippen molar-refractivity contribution in [1.29, 1.82) is 0 Å². The van der Waals surface area contributed by atoms with Crippen LogP contribution in [-0.2, 0) is 0 Å². The number of amides is 1. The second-order valence-corrected chi connectivity index (χ2v) is 6.87. The molecule has 0 bridgehead atoms. The maximum absolute atomic E-state index is 12.5. The number of hydrazone groups is 1. The third-order valence-electron chi connectivity index (χ3n) is 4.22. The van der Waals surface area contributed by atoms with E-state index < -0.39 is 0 Å². The lowest BCUT2D eigenvalue weighted by atomic mass is 10.0. The zero-order valence-corrected chi connectivity index (χ0v) is 16.0. The van der Waals surface area contributed by atoms with Crippen molar-refractivity contribution in [3.05, 3.63) is 94.2 Å². The van der Waals surface area contributed by atoms with Crippen LogP contribution >= 0.6 is 23.2 Å². The van der Waals surface area contributed by atoms with Crippen LogP contribution < -0.4 is 5.43 Å². The first-order valence-electron chi connectivity index (χ1n) is 8.48. The van der Waals surface area contributed by atoms with Crippen LogP contribution in [-0.4, -0.2) is 12.1 Å². The second kappa shape index (κ2) is 7.89. The van der Waals surface area contributed by atoms with E-state index in [4.69, 9.17) is 27.6 Å². The van der Waals surface area contributed by atoms with E-state index in [1.165, 1.54) is 6.21 Å². The molecule has 1 N–H and O–H groups in total. The van der Waals surface area contributed by atoms with E-state index >= 15 is 0 Å². The molecule has 1 amide bonds. The van der Waals surface area contributed by atoms with Crippen molar-refractivity contribution in [3.8, 4) is 11.3 Å². The molecule has 138 valence electrons. The Balaban J connectivity index is 1.48. The first kappa shape index (κ1) is 18.3. The van der Waals surface area contributed by atoms with Gasteiger partial charge in [0.15, 0.2) is 0 Å². The Morgan fingerprint density at radius 1 is 0.929 bits per heavy atom. The normalized spacial score (nSPS) is 11.2. The predicted octanol–water partition coefficient (Wildman–Crippen LogP) is 6.17. The van der Waals surface area contributed by atoms with Gasteiger partial charge < -0.3 is 4.42 Å². The van der Waals surface area contributed by atoms with Gasteiger partial charge in [0.25, 0.3) is 5.91 Å². The number of hydrogen-bond acceptors (Lipinski definition) is 3. The second-order valence-electron chi connectivity index (χ2n) is 6.06. The molecule has 1 heterocycles. The lowest BCUT2D eigenvalue weighted by Gasteiger charge is -2.04. The number of nitrogens with zero attached hydrogens (tertiary/aromatic N) is 1. The van der Waals surface area contributed by atoms with Crippen LogP contribution in [0.1, 0.15) is 16.1 Å². The van der Waals surface area contributed by atoms with Crippen molar-refractivity contribution in [3.63, 3.8) is 0 Å². The van der Waals surface area contributed by atoms with Crippen LogP contribution in [0.2, 0.25) is 10.0 Å². The summed E-state index contributed by atoms with van der Waals surface area (Å²) in [6.07, 6.45) is 1.45. The minimum Gasteiger partial charge on any atom is -0.455 e. The molecule has 0 aliphatic carbocycles. The summed E-state index contributed by atoms with van der Waals surface area (Å²) < 4.78 is 5.72. The first-order chi connectivity index (χ1) is 13.6. The third kappa shape index (κ3) is 3.79. The Morgan fingerprint density at radius 3 is 2.61 bits per heavy atom. The Hall–Kier alpha value is -3.08. The summed E-state index contributed by atoms with van der Waals surface area (Å²) in [6, 6.07) is 22.1. The van der Waals surface area contributed by atoms with Crippen LogP contribution in [0.4, 0.5) is 0 Å². The summed E-state index contributed by atoms with van der Waals surface area (Å²) >= 11 is 12.0. The quantitative estimate of drug-likeness (QED) is 0.324. The summed E-state index contributed by atoms with van der Waals surface area (Å²) in [5.41, 5.74) is 3.90. The highest BCUT2D eigenvalue weighted by atomic mass is 35.5. The average Bonchev–Trinajstić information content (AvgIpc) is 3.18. The van der Waals surface area contributed by atoms with Gasteiger partial charge in [-0.15, -0.1) is 0 Å². The highest BCUT2D eigenvalue weighted by molar-refractivity contribution is 6.42. The van der Waals surface area contributed by atoms with Crippen molar-refractivity contribution < 1.29 is 9.21 Å². The Morgan fingerprint density at radius 2 is 1.75 bits per heavy atom. The highest BCUT2D eigenvalue weighted by Gasteiger charge is 2.09. The van der Waals surface area contributed by atoms with E-state index in [2.05, 4.69) is 10.5 Å². The SMILES string of the molecule is O=C(N/N=C\c1ccc(-c2ccc(Cl)c(Cl)c2)o1)c1cccc2ccccc12. The summed E-state index contributed by atoms with van der Waals surface area (Å²) in [5, 5.41) is 6.80. The van der Waals surface area contributed by atoms with E-state index in [1.54, 1.807) is 30.3 Å². The fraction of sp³-hybridized carbons (Fsp3) is 0. The largest absolute Gasteiger partial charge is 0.455 e. The van der Waals surface area contributed by atoms with Gasteiger partial charge in [-0.25, -0.2) is 5.43 Å². The van der Waals surface area contributed by atoms with E-state index in [0.717, 1.165) is 16.3 Å². The number of nitrogens with one attached hydrogen (secondary N) is 1. The highest BCUT2D eigenvalue weighted by Crippen LogP contribution is 2.29. The van der Waals surface area contributed by atoms with Gasteiger partial charge in [0.2, 0.25) is 0 Å². The molecule has 4 nitrogen and oxygen atoms in total. The number of carbonyl (C=O) groups excluding carboxylic acids is 1. The standard InChI is InChI=1S/C22H14Cl2N2O2/c23-19-10-8-15(12-20(19)24)21-11-9-16(28-21)13-25-26-22(27)18-7-3-5-14-4-1-2-6-17(14)18/h1-13H,(H,26,27)/b25-13-. The molecule has 28 heavy (non-hydrogen) atoms. The molecule has 6 heteroatoms. The molecule has 0 saturated carbocycles. The number of benzene rings is 3. The molecule has 3 aromatic carbocycles. The Kier molecular flexibility index (Phi) is 5.15. The van der Waals surface area contributed by atoms with Crippen molar-refractivity contribution >= 4 is 46.1 Å². The lowest BCUT2D eigenvalue weighted by molar-refractivity contribution is 0.0957. The summed E-state index contributed by atoms with van der Waals surface area (Å²) in [7, 11) is 0. The Bertz CT molecular complexity index is 1190. The molecule has 0 aliphatic rings. The fourth-order valence-corrected chi connectivity index (χ4v) is 3.16. The number of halogens is 2. The van der Waals surface area contributed by atoms with E-state index in [0.29, 0.717) is 27.1 Å². The van der Waals surface area contributed by atoms with Gasteiger partial charge in [0, 0.05) is 11.1 Å². The topological polar surface area (TPSA) is 54.6 Å². The van der Waals surface area contributed by atoms with Crippen LogP contribution in [0, 0.1) is 0 Å². The zero-order valence-electron chi connectivity index (χ0n) is 14.5. The average molecular weight is 409 g/mol. The number of hydrogen-bond donors (Lipinski definition) is 1. The lowest BCUT2D eigenvalue weighted by Crippen LogP contribution is -2.17. The molecule has 0 fully saturated rings.